The molecule has 9 heteroatoms. The maximum Gasteiger partial charge on any atom is 0.241 e. The molecule has 158 valence electrons. The Labute approximate surface area is 180 Å². The number of fused-ring (bicyclic) bond motifs is 1. The van der Waals surface area contributed by atoms with Gasteiger partial charge in [0.05, 0.1) is 4.90 Å². The van der Waals surface area contributed by atoms with Gasteiger partial charge in [0.1, 0.15) is 23.8 Å². The standard InChI is InChI=1S/C22H22N6O2S/c1-16-9-10-23-21(13-16)28-22-14-20(25-15-26-22)24-11-12-27-31(29,30)19-8-4-6-17-5-2-3-7-18(17)19/h2-10,13-15,27H,11-12H2,1H3,(H2,23,24,25,26,28). The molecule has 0 aliphatic heterocycles. The highest BCUT2D eigenvalue weighted by Gasteiger charge is 2.16. The predicted molar refractivity (Wildman–Crippen MR) is 122 cm³/mol. The normalized spacial score (nSPS) is 11.4. The second-order valence-electron chi connectivity index (χ2n) is 6.93. The lowest BCUT2D eigenvalue weighted by Gasteiger charge is -2.11. The van der Waals surface area contributed by atoms with Gasteiger partial charge in [0.15, 0.2) is 0 Å². The zero-order chi connectivity index (χ0) is 21.7. The number of aromatic nitrogens is 3. The minimum Gasteiger partial charge on any atom is -0.369 e. The highest BCUT2D eigenvalue weighted by atomic mass is 32.2. The molecular formula is C22H22N6O2S. The number of hydrogen-bond donors (Lipinski definition) is 3. The zero-order valence-corrected chi connectivity index (χ0v) is 17.7. The van der Waals surface area contributed by atoms with E-state index >= 15 is 0 Å². The van der Waals surface area contributed by atoms with E-state index in [-0.39, 0.29) is 11.4 Å². The molecule has 2 heterocycles. The van der Waals surface area contributed by atoms with Gasteiger partial charge in [-0.05, 0) is 36.1 Å². The van der Waals surface area contributed by atoms with Crippen molar-refractivity contribution in [1.82, 2.24) is 19.7 Å². The lowest BCUT2D eigenvalue weighted by Crippen LogP contribution is -2.29. The largest absolute Gasteiger partial charge is 0.369 e. The van der Waals surface area contributed by atoms with E-state index in [1.54, 1.807) is 30.5 Å². The van der Waals surface area contributed by atoms with Crippen molar-refractivity contribution in [3.05, 3.63) is 78.8 Å². The number of benzene rings is 2. The quantitative estimate of drug-likeness (QED) is 0.364. The summed E-state index contributed by atoms with van der Waals surface area (Å²) in [5, 5.41) is 7.81. The van der Waals surface area contributed by atoms with Crippen LogP contribution >= 0.6 is 0 Å². The van der Waals surface area contributed by atoms with Crippen molar-refractivity contribution in [2.24, 2.45) is 0 Å². The molecule has 0 spiro atoms. The first-order valence-corrected chi connectivity index (χ1v) is 11.2. The van der Waals surface area contributed by atoms with Gasteiger partial charge in [0.2, 0.25) is 10.0 Å². The van der Waals surface area contributed by atoms with Gasteiger partial charge < -0.3 is 10.6 Å². The van der Waals surface area contributed by atoms with Crippen LogP contribution in [-0.2, 0) is 10.0 Å². The number of hydrogen-bond acceptors (Lipinski definition) is 7. The molecular weight excluding hydrogens is 412 g/mol. The first-order valence-electron chi connectivity index (χ1n) is 9.74. The van der Waals surface area contributed by atoms with Crippen LogP contribution in [0.5, 0.6) is 0 Å². The second kappa shape index (κ2) is 9.07. The Hall–Kier alpha value is -3.56. The van der Waals surface area contributed by atoms with E-state index in [1.807, 2.05) is 43.3 Å². The van der Waals surface area contributed by atoms with E-state index in [9.17, 15) is 8.42 Å². The number of nitrogens with zero attached hydrogens (tertiary/aromatic N) is 3. The van der Waals surface area contributed by atoms with Gasteiger partial charge in [-0.1, -0.05) is 36.4 Å². The fraction of sp³-hybridized carbons (Fsp3) is 0.136. The number of anilines is 3. The van der Waals surface area contributed by atoms with E-state index in [2.05, 4.69) is 30.3 Å². The van der Waals surface area contributed by atoms with Crippen LogP contribution < -0.4 is 15.4 Å². The summed E-state index contributed by atoms with van der Waals surface area (Å²) in [5.74, 6) is 1.86. The molecule has 8 nitrogen and oxygen atoms in total. The minimum atomic E-state index is -3.64. The van der Waals surface area contributed by atoms with Gasteiger partial charge >= 0.3 is 0 Å². The highest BCUT2D eigenvalue weighted by molar-refractivity contribution is 7.89. The van der Waals surface area contributed by atoms with Crippen molar-refractivity contribution in [2.75, 3.05) is 23.7 Å². The van der Waals surface area contributed by atoms with Crippen LogP contribution in [0.3, 0.4) is 0 Å². The summed E-state index contributed by atoms with van der Waals surface area (Å²) in [6.07, 6.45) is 3.15. The van der Waals surface area contributed by atoms with E-state index in [4.69, 9.17) is 0 Å². The van der Waals surface area contributed by atoms with Gasteiger partial charge in [-0.3, -0.25) is 0 Å². The molecule has 4 rings (SSSR count). The second-order valence-corrected chi connectivity index (χ2v) is 8.67. The number of rotatable bonds is 8. The Morgan fingerprint density at radius 3 is 2.48 bits per heavy atom. The fourth-order valence-electron chi connectivity index (χ4n) is 3.14. The lowest BCUT2D eigenvalue weighted by molar-refractivity contribution is 0.584. The molecule has 4 aromatic rings. The molecule has 0 amide bonds. The first-order chi connectivity index (χ1) is 15.0. The van der Waals surface area contributed by atoms with Crippen molar-refractivity contribution in [2.45, 2.75) is 11.8 Å². The van der Waals surface area contributed by atoms with E-state index in [0.29, 0.717) is 29.4 Å². The third kappa shape index (κ3) is 5.14. The van der Waals surface area contributed by atoms with E-state index in [1.165, 1.54) is 6.33 Å². The van der Waals surface area contributed by atoms with Crippen LogP contribution in [0, 0.1) is 6.92 Å². The molecule has 31 heavy (non-hydrogen) atoms. The molecule has 0 bridgehead atoms. The number of aryl methyl sites for hydroxylation is 1. The molecule has 0 aliphatic rings. The Bertz CT molecular complexity index is 1300. The molecule has 0 radical (unpaired) electrons. The molecule has 2 aromatic heterocycles. The van der Waals surface area contributed by atoms with E-state index in [0.717, 1.165) is 10.9 Å². The smallest absolute Gasteiger partial charge is 0.241 e. The summed E-state index contributed by atoms with van der Waals surface area (Å²) in [7, 11) is -3.64. The van der Waals surface area contributed by atoms with Gasteiger partial charge in [-0.15, -0.1) is 0 Å². The van der Waals surface area contributed by atoms with Crippen LogP contribution in [0.2, 0.25) is 0 Å². The number of nitrogens with one attached hydrogen (secondary N) is 3. The maximum absolute atomic E-state index is 12.8. The van der Waals surface area contributed by atoms with Crippen molar-refractivity contribution in [1.29, 1.82) is 0 Å². The Morgan fingerprint density at radius 1 is 0.839 bits per heavy atom. The Balaban J connectivity index is 1.36. The van der Waals surface area contributed by atoms with Crippen molar-refractivity contribution in [3.63, 3.8) is 0 Å². The summed E-state index contributed by atoms with van der Waals surface area (Å²) < 4.78 is 28.2. The number of pyridine rings is 1. The summed E-state index contributed by atoms with van der Waals surface area (Å²) in [6, 6.07) is 18.2. The Kier molecular flexibility index (Phi) is 6.06. The van der Waals surface area contributed by atoms with Crippen molar-refractivity contribution < 1.29 is 8.42 Å². The summed E-state index contributed by atoms with van der Waals surface area (Å²) in [5.41, 5.74) is 1.09. The van der Waals surface area contributed by atoms with Crippen LogP contribution in [0.15, 0.2) is 78.1 Å². The lowest BCUT2D eigenvalue weighted by atomic mass is 10.1. The predicted octanol–water partition coefficient (Wildman–Crippen LogP) is 3.47. The first kappa shape index (κ1) is 20.7. The topological polar surface area (TPSA) is 109 Å². The van der Waals surface area contributed by atoms with Gasteiger partial charge in [-0.25, -0.2) is 28.1 Å². The average Bonchev–Trinajstić information content (AvgIpc) is 2.77. The third-order valence-corrected chi connectivity index (χ3v) is 6.12. The van der Waals surface area contributed by atoms with Crippen LogP contribution in [-0.4, -0.2) is 36.5 Å². The molecule has 0 fully saturated rings. The molecule has 2 aromatic carbocycles. The summed E-state index contributed by atoms with van der Waals surface area (Å²) in [4.78, 5) is 12.9. The molecule has 0 aliphatic carbocycles. The third-order valence-electron chi connectivity index (χ3n) is 4.60. The maximum atomic E-state index is 12.8. The number of sulfonamides is 1. The van der Waals surface area contributed by atoms with Crippen LogP contribution in [0.1, 0.15) is 5.56 Å². The Morgan fingerprint density at radius 2 is 1.61 bits per heavy atom. The molecule has 0 saturated carbocycles. The van der Waals surface area contributed by atoms with Crippen LogP contribution in [0.4, 0.5) is 17.5 Å². The molecule has 0 atom stereocenters. The fourth-order valence-corrected chi connectivity index (χ4v) is 4.40. The monoisotopic (exact) mass is 434 g/mol. The molecule has 0 unspecified atom stereocenters. The van der Waals surface area contributed by atoms with Gasteiger partial charge in [-0.2, -0.15) is 0 Å². The summed E-state index contributed by atoms with van der Waals surface area (Å²) in [6.45, 7) is 2.56. The molecule has 0 saturated heterocycles. The highest BCUT2D eigenvalue weighted by Crippen LogP contribution is 2.22. The zero-order valence-electron chi connectivity index (χ0n) is 16.9. The molecule has 3 N–H and O–H groups in total. The van der Waals surface area contributed by atoms with Gasteiger partial charge in [0.25, 0.3) is 0 Å². The minimum absolute atomic E-state index is 0.206. The van der Waals surface area contributed by atoms with E-state index < -0.39 is 10.0 Å². The van der Waals surface area contributed by atoms with Crippen molar-refractivity contribution in [3.8, 4) is 0 Å². The summed E-state index contributed by atoms with van der Waals surface area (Å²) >= 11 is 0. The van der Waals surface area contributed by atoms with Crippen LogP contribution in [0.25, 0.3) is 10.8 Å². The van der Waals surface area contributed by atoms with Crippen molar-refractivity contribution >= 4 is 38.2 Å². The average molecular weight is 435 g/mol. The SMILES string of the molecule is Cc1ccnc(Nc2cc(NCCNS(=O)(=O)c3cccc4ccccc34)ncn2)c1. The van der Waals surface area contributed by atoms with Gasteiger partial charge in [0, 0.05) is 30.7 Å².